The Morgan fingerprint density at radius 2 is 1.78 bits per heavy atom. The standard InChI is InChI=1S/C18H21NO4/c1-13(16-11-15(21-2)9-10-17(16)22-3)19-18(20)12-23-14-7-5-4-6-8-14/h4-11,13H,12H2,1-3H3,(H,19,20)/t13-/m1/s1. The van der Waals surface area contributed by atoms with Gasteiger partial charge in [0.2, 0.25) is 0 Å². The maximum atomic E-state index is 12.0. The van der Waals surface area contributed by atoms with Crippen LogP contribution in [0.3, 0.4) is 0 Å². The van der Waals surface area contributed by atoms with E-state index in [1.54, 1.807) is 14.2 Å². The van der Waals surface area contributed by atoms with Crippen molar-refractivity contribution in [3.05, 3.63) is 54.1 Å². The molecule has 0 saturated carbocycles. The molecular formula is C18H21NO4. The van der Waals surface area contributed by atoms with E-state index in [1.807, 2.05) is 55.5 Å². The molecule has 0 radical (unpaired) electrons. The molecule has 23 heavy (non-hydrogen) atoms. The van der Waals surface area contributed by atoms with Gasteiger partial charge < -0.3 is 19.5 Å². The zero-order valence-corrected chi connectivity index (χ0v) is 13.5. The predicted octanol–water partition coefficient (Wildman–Crippen LogP) is 2.96. The van der Waals surface area contributed by atoms with E-state index in [9.17, 15) is 4.79 Å². The molecule has 0 aliphatic carbocycles. The highest BCUT2D eigenvalue weighted by atomic mass is 16.5. The summed E-state index contributed by atoms with van der Waals surface area (Å²) < 4.78 is 16.0. The van der Waals surface area contributed by atoms with Crippen LogP contribution in [-0.2, 0) is 4.79 Å². The predicted molar refractivity (Wildman–Crippen MR) is 88.0 cm³/mol. The van der Waals surface area contributed by atoms with Crippen molar-refractivity contribution >= 4 is 5.91 Å². The van der Waals surface area contributed by atoms with Crippen molar-refractivity contribution in [3.8, 4) is 17.2 Å². The number of para-hydroxylation sites is 1. The lowest BCUT2D eigenvalue weighted by Gasteiger charge is -2.18. The zero-order chi connectivity index (χ0) is 16.7. The van der Waals surface area contributed by atoms with Gasteiger partial charge in [0.25, 0.3) is 5.91 Å². The van der Waals surface area contributed by atoms with Crippen LogP contribution in [0, 0.1) is 0 Å². The van der Waals surface area contributed by atoms with Crippen LogP contribution in [0.5, 0.6) is 17.2 Å². The van der Waals surface area contributed by atoms with Gasteiger partial charge in [0.05, 0.1) is 20.3 Å². The van der Waals surface area contributed by atoms with E-state index in [4.69, 9.17) is 14.2 Å². The Morgan fingerprint density at radius 3 is 2.43 bits per heavy atom. The monoisotopic (exact) mass is 315 g/mol. The first-order valence-corrected chi connectivity index (χ1v) is 7.33. The first-order chi connectivity index (χ1) is 11.1. The largest absolute Gasteiger partial charge is 0.497 e. The smallest absolute Gasteiger partial charge is 0.258 e. The molecule has 0 bridgehead atoms. The number of benzene rings is 2. The minimum Gasteiger partial charge on any atom is -0.497 e. The number of carbonyl (C=O) groups is 1. The van der Waals surface area contributed by atoms with Crippen LogP contribution < -0.4 is 19.5 Å². The van der Waals surface area contributed by atoms with Crippen LogP contribution >= 0.6 is 0 Å². The number of hydrogen-bond donors (Lipinski definition) is 1. The van der Waals surface area contributed by atoms with E-state index in [0.717, 1.165) is 5.56 Å². The lowest BCUT2D eigenvalue weighted by Crippen LogP contribution is -2.31. The molecule has 0 spiro atoms. The Bertz CT molecular complexity index is 643. The van der Waals surface area contributed by atoms with E-state index < -0.39 is 0 Å². The van der Waals surface area contributed by atoms with Gasteiger partial charge in [-0.3, -0.25) is 4.79 Å². The minimum atomic E-state index is -0.230. The fraction of sp³-hybridized carbons (Fsp3) is 0.278. The van der Waals surface area contributed by atoms with E-state index in [2.05, 4.69) is 5.32 Å². The van der Waals surface area contributed by atoms with E-state index in [1.165, 1.54) is 0 Å². The van der Waals surface area contributed by atoms with Gasteiger partial charge in [-0.05, 0) is 37.3 Å². The molecule has 122 valence electrons. The number of ether oxygens (including phenoxy) is 3. The third-order valence-electron chi connectivity index (χ3n) is 3.39. The highest BCUT2D eigenvalue weighted by molar-refractivity contribution is 5.78. The van der Waals surface area contributed by atoms with Crippen molar-refractivity contribution in [1.29, 1.82) is 0 Å². The number of carbonyl (C=O) groups excluding carboxylic acids is 1. The Morgan fingerprint density at radius 1 is 1.04 bits per heavy atom. The van der Waals surface area contributed by atoms with E-state index in [-0.39, 0.29) is 18.6 Å². The summed E-state index contributed by atoms with van der Waals surface area (Å²) in [7, 11) is 3.20. The zero-order valence-electron chi connectivity index (χ0n) is 13.5. The van der Waals surface area contributed by atoms with Crippen LogP contribution in [0.25, 0.3) is 0 Å². The molecule has 0 unspecified atom stereocenters. The SMILES string of the molecule is COc1ccc(OC)c([C@@H](C)NC(=O)COc2ccccc2)c1. The molecule has 0 heterocycles. The van der Waals surface area contributed by atoms with Gasteiger partial charge in [-0.1, -0.05) is 18.2 Å². The summed E-state index contributed by atoms with van der Waals surface area (Å²) in [6, 6.07) is 14.5. The molecule has 5 heteroatoms. The van der Waals surface area contributed by atoms with Gasteiger partial charge in [-0.25, -0.2) is 0 Å². The maximum absolute atomic E-state index is 12.0. The lowest BCUT2D eigenvalue weighted by atomic mass is 10.1. The van der Waals surface area contributed by atoms with Gasteiger partial charge >= 0.3 is 0 Å². The van der Waals surface area contributed by atoms with Crippen molar-refractivity contribution in [2.75, 3.05) is 20.8 Å². The van der Waals surface area contributed by atoms with Gasteiger partial charge in [0.1, 0.15) is 17.2 Å². The molecule has 2 rings (SSSR count). The first kappa shape index (κ1) is 16.7. The number of nitrogens with one attached hydrogen (secondary N) is 1. The van der Waals surface area contributed by atoms with Crippen molar-refractivity contribution in [2.24, 2.45) is 0 Å². The summed E-state index contributed by atoms with van der Waals surface area (Å²) in [4.78, 5) is 12.0. The fourth-order valence-electron chi connectivity index (χ4n) is 2.20. The Balaban J connectivity index is 1.98. The number of rotatable bonds is 7. The topological polar surface area (TPSA) is 56.8 Å². The minimum absolute atomic E-state index is 0.0410. The second-order valence-electron chi connectivity index (χ2n) is 5.00. The molecular weight excluding hydrogens is 294 g/mol. The van der Waals surface area contributed by atoms with Crippen molar-refractivity contribution in [1.82, 2.24) is 5.32 Å². The molecule has 2 aromatic rings. The molecule has 0 aliphatic heterocycles. The molecule has 2 aromatic carbocycles. The van der Waals surface area contributed by atoms with Crippen LogP contribution in [-0.4, -0.2) is 26.7 Å². The van der Waals surface area contributed by atoms with Crippen molar-refractivity contribution < 1.29 is 19.0 Å². The van der Waals surface area contributed by atoms with Gasteiger partial charge in [-0.2, -0.15) is 0 Å². The summed E-state index contributed by atoms with van der Waals surface area (Å²) in [5.74, 6) is 1.87. The Labute approximate surface area is 136 Å². The summed E-state index contributed by atoms with van der Waals surface area (Å²) in [5, 5.41) is 2.89. The van der Waals surface area contributed by atoms with Crippen LogP contribution in [0.4, 0.5) is 0 Å². The highest BCUT2D eigenvalue weighted by Crippen LogP contribution is 2.29. The fourth-order valence-corrected chi connectivity index (χ4v) is 2.20. The summed E-state index contributed by atoms with van der Waals surface area (Å²) >= 11 is 0. The highest BCUT2D eigenvalue weighted by Gasteiger charge is 2.15. The van der Waals surface area contributed by atoms with Gasteiger partial charge in [-0.15, -0.1) is 0 Å². The van der Waals surface area contributed by atoms with Gasteiger partial charge in [0.15, 0.2) is 6.61 Å². The molecule has 1 amide bonds. The van der Waals surface area contributed by atoms with Crippen molar-refractivity contribution in [3.63, 3.8) is 0 Å². The maximum Gasteiger partial charge on any atom is 0.258 e. The summed E-state index contributed by atoms with van der Waals surface area (Å²) in [5.41, 5.74) is 0.847. The second kappa shape index (κ2) is 8.08. The molecule has 0 saturated heterocycles. The average Bonchev–Trinajstić information content (AvgIpc) is 2.60. The van der Waals surface area contributed by atoms with Crippen LogP contribution in [0.15, 0.2) is 48.5 Å². The molecule has 1 N–H and O–H groups in total. The Hall–Kier alpha value is -2.69. The Kier molecular flexibility index (Phi) is 5.86. The molecule has 1 atom stereocenters. The second-order valence-corrected chi connectivity index (χ2v) is 5.00. The van der Waals surface area contributed by atoms with E-state index in [0.29, 0.717) is 17.2 Å². The normalized spacial score (nSPS) is 11.4. The molecule has 0 fully saturated rings. The third-order valence-corrected chi connectivity index (χ3v) is 3.39. The lowest BCUT2D eigenvalue weighted by molar-refractivity contribution is -0.123. The number of methoxy groups -OCH3 is 2. The third kappa shape index (κ3) is 4.64. The van der Waals surface area contributed by atoms with Crippen LogP contribution in [0.1, 0.15) is 18.5 Å². The van der Waals surface area contributed by atoms with Gasteiger partial charge in [0, 0.05) is 5.56 Å². The number of amides is 1. The molecule has 5 nitrogen and oxygen atoms in total. The summed E-state index contributed by atoms with van der Waals surface area (Å²) in [6.07, 6.45) is 0. The molecule has 0 aliphatic rings. The quantitative estimate of drug-likeness (QED) is 0.853. The van der Waals surface area contributed by atoms with Crippen molar-refractivity contribution in [2.45, 2.75) is 13.0 Å². The van der Waals surface area contributed by atoms with E-state index >= 15 is 0 Å². The summed E-state index contributed by atoms with van der Waals surface area (Å²) in [6.45, 7) is 1.85. The first-order valence-electron chi connectivity index (χ1n) is 7.33. The molecule has 0 aromatic heterocycles. The average molecular weight is 315 g/mol. The number of hydrogen-bond acceptors (Lipinski definition) is 4. The van der Waals surface area contributed by atoms with Crippen LogP contribution in [0.2, 0.25) is 0 Å².